The van der Waals surface area contributed by atoms with Gasteiger partial charge in [-0.1, -0.05) is 15.9 Å². The van der Waals surface area contributed by atoms with E-state index in [1.807, 2.05) is 22.6 Å². The minimum absolute atomic E-state index is 0.165. The highest BCUT2D eigenvalue weighted by molar-refractivity contribution is 14.1. The van der Waals surface area contributed by atoms with Gasteiger partial charge in [0.1, 0.15) is 5.56 Å². The van der Waals surface area contributed by atoms with Crippen LogP contribution in [0.4, 0.5) is 27.6 Å². The Morgan fingerprint density at radius 3 is 1.95 bits per heavy atom. The van der Waals surface area contributed by atoms with Crippen LogP contribution in [0.15, 0.2) is 22.7 Å². The largest absolute Gasteiger partial charge is 0.321 e. The first-order valence-corrected chi connectivity index (χ1v) is 7.39. The van der Waals surface area contributed by atoms with Gasteiger partial charge in [-0.3, -0.25) is 4.79 Å². The summed E-state index contributed by atoms with van der Waals surface area (Å²) < 4.78 is 67.3. The van der Waals surface area contributed by atoms with Crippen LogP contribution < -0.4 is 5.32 Å². The van der Waals surface area contributed by atoms with Crippen LogP contribution >= 0.6 is 38.5 Å². The third kappa shape index (κ3) is 3.09. The van der Waals surface area contributed by atoms with Gasteiger partial charge in [0.2, 0.25) is 5.82 Å². The number of halogens is 7. The van der Waals surface area contributed by atoms with Crippen LogP contribution in [0.5, 0.6) is 0 Å². The number of nitrogens with one attached hydrogen (secondary N) is 1. The van der Waals surface area contributed by atoms with E-state index in [0.717, 1.165) is 0 Å². The predicted molar refractivity (Wildman–Crippen MR) is 81.0 cm³/mol. The van der Waals surface area contributed by atoms with Crippen molar-refractivity contribution in [2.45, 2.75) is 0 Å². The van der Waals surface area contributed by atoms with Gasteiger partial charge in [0.05, 0.1) is 5.69 Å². The van der Waals surface area contributed by atoms with E-state index in [9.17, 15) is 26.7 Å². The van der Waals surface area contributed by atoms with E-state index in [4.69, 9.17) is 0 Å². The van der Waals surface area contributed by atoms with Crippen molar-refractivity contribution in [3.05, 3.63) is 60.9 Å². The summed E-state index contributed by atoms with van der Waals surface area (Å²) in [7, 11) is 0. The van der Waals surface area contributed by atoms with E-state index in [1.54, 1.807) is 6.07 Å². The van der Waals surface area contributed by atoms with Crippen LogP contribution in [-0.4, -0.2) is 5.91 Å². The Bertz CT molecular complexity index is 755. The van der Waals surface area contributed by atoms with Crippen molar-refractivity contribution in [2.75, 3.05) is 5.32 Å². The molecule has 0 atom stereocenters. The summed E-state index contributed by atoms with van der Waals surface area (Å²) in [5.74, 6) is -12.5. The molecule has 0 spiro atoms. The Labute approximate surface area is 143 Å². The van der Waals surface area contributed by atoms with Gasteiger partial charge in [-0.25, -0.2) is 22.0 Å². The molecule has 2 aromatic rings. The second-order valence-electron chi connectivity index (χ2n) is 4.02. The minimum atomic E-state index is -2.32. The van der Waals surface area contributed by atoms with Crippen molar-refractivity contribution in [3.8, 4) is 0 Å². The first-order chi connectivity index (χ1) is 10.2. The predicted octanol–water partition coefficient (Wildman–Crippen LogP) is 5.00. The molecular formula is C13H4BrF5INO. The molecule has 116 valence electrons. The lowest BCUT2D eigenvalue weighted by atomic mass is 10.1. The number of hydrogen-bond acceptors (Lipinski definition) is 1. The lowest BCUT2D eigenvalue weighted by molar-refractivity contribution is 0.101. The Hall–Kier alpha value is -1.23. The zero-order valence-corrected chi connectivity index (χ0v) is 14.0. The molecule has 0 saturated heterocycles. The first-order valence-electron chi connectivity index (χ1n) is 5.52. The van der Waals surface area contributed by atoms with Gasteiger partial charge < -0.3 is 5.32 Å². The summed E-state index contributed by atoms with van der Waals surface area (Å²) in [5.41, 5.74) is -1.37. The van der Waals surface area contributed by atoms with Crippen molar-refractivity contribution in [3.63, 3.8) is 0 Å². The van der Waals surface area contributed by atoms with Crippen molar-refractivity contribution in [1.82, 2.24) is 0 Å². The summed E-state index contributed by atoms with van der Waals surface area (Å²) in [6, 6.07) is 4.54. The normalized spacial score (nSPS) is 10.7. The number of hydrogen-bond donors (Lipinski definition) is 1. The fourth-order valence-corrected chi connectivity index (χ4v) is 3.02. The quantitative estimate of drug-likeness (QED) is 0.272. The maximum absolute atomic E-state index is 13.5. The van der Waals surface area contributed by atoms with E-state index < -0.39 is 40.6 Å². The molecular weight excluding hydrogens is 488 g/mol. The minimum Gasteiger partial charge on any atom is -0.321 e. The van der Waals surface area contributed by atoms with E-state index in [2.05, 4.69) is 21.2 Å². The van der Waals surface area contributed by atoms with Gasteiger partial charge in [-0.2, -0.15) is 0 Å². The van der Waals surface area contributed by atoms with Gasteiger partial charge in [-0.15, -0.1) is 0 Å². The number of carbonyl (C=O) groups excluding carboxylic acids is 1. The molecule has 0 aliphatic heterocycles. The van der Waals surface area contributed by atoms with E-state index >= 15 is 0 Å². The fourth-order valence-electron chi connectivity index (χ4n) is 1.58. The molecule has 0 aliphatic rings. The molecule has 1 amide bonds. The molecule has 2 rings (SSSR count). The maximum atomic E-state index is 13.5. The molecule has 2 aromatic carbocycles. The van der Waals surface area contributed by atoms with Gasteiger partial charge in [-0.05, 0) is 40.8 Å². The molecule has 0 unspecified atom stereocenters. The van der Waals surface area contributed by atoms with Crippen LogP contribution in [0.25, 0.3) is 0 Å². The summed E-state index contributed by atoms with van der Waals surface area (Å²) in [6.45, 7) is 0. The lowest BCUT2D eigenvalue weighted by Gasteiger charge is -2.10. The molecule has 9 heteroatoms. The summed E-state index contributed by atoms with van der Waals surface area (Å²) in [6.07, 6.45) is 0. The zero-order valence-electron chi connectivity index (χ0n) is 10.3. The Kier molecular flexibility index (Phi) is 5.05. The highest BCUT2D eigenvalue weighted by Gasteiger charge is 2.29. The van der Waals surface area contributed by atoms with Crippen molar-refractivity contribution < 1.29 is 26.7 Å². The average Bonchev–Trinajstić information content (AvgIpc) is 2.46. The van der Waals surface area contributed by atoms with Crippen molar-refractivity contribution in [2.24, 2.45) is 0 Å². The second kappa shape index (κ2) is 6.49. The maximum Gasteiger partial charge on any atom is 0.261 e. The topological polar surface area (TPSA) is 29.1 Å². The fraction of sp³-hybridized carbons (Fsp3) is 0. The van der Waals surface area contributed by atoms with E-state index in [1.165, 1.54) is 12.1 Å². The van der Waals surface area contributed by atoms with Crippen LogP contribution in [-0.2, 0) is 0 Å². The summed E-state index contributed by atoms with van der Waals surface area (Å²) in [4.78, 5) is 11.8. The molecule has 1 N–H and O–H groups in total. The standard InChI is InChI=1S/C13H4BrF5INO/c14-4-1-2-6(5(20)3-4)21-13(22)7-8(15)10(17)12(19)11(18)9(7)16/h1-3H,(H,21,22). The zero-order chi connectivity index (χ0) is 16.6. The molecule has 0 saturated carbocycles. The third-order valence-corrected chi connectivity index (χ3v) is 4.00. The van der Waals surface area contributed by atoms with Gasteiger partial charge in [0.15, 0.2) is 23.3 Å². The Balaban J connectivity index is 2.46. The number of anilines is 1. The van der Waals surface area contributed by atoms with Crippen LogP contribution in [0, 0.1) is 32.7 Å². The molecule has 0 fully saturated rings. The lowest BCUT2D eigenvalue weighted by Crippen LogP contribution is -2.19. The highest BCUT2D eigenvalue weighted by atomic mass is 127. The van der Waals surface area contributed by atoms with Crippen LogP contribution in [0.3, 0.4) is 0 Å². The van der Waals surface area contributed by atoms with Crippen LogP contribution in [0.2, 0.25) is 0 Å². The smallest absolute Gasteiger partial charge is 0.261 e. The van der Waals surface area contributed by atoms with Crippen molar-refractivity contribution >= 4 is 50.1 Å². The summed E-state index contributed by atoms with van der Waals surface area (Å²) >= 11 is 5.01. The van der Waals surface area contributed by atoms with E-state index in [-0.39, 0.29) is 5.69 Å². The first kappa shape index (κ1) is 17.1. The summed E-state index contributed by atoms with van der Waals surface area (Å²) in [5, 5.41) is 2.11. The van der Waals surface area contributed by atoms with Gasteiger partial charge >= 0.3 is 0 Å². The van der Waals surface area contributed by atoms with Crippen molar-refractivity contribution in [1.29, 1.82) is 0 Å². The monoisotopic (exact) mass is 491 g/mol. The molecule has 2 nitrogen and oxygen atoms in total. The molecule has 0 radical (unpaired) electrons. The molecule has 0 bridgehead atoms. The van der Waals surface area contributed by atoms with Gasteiger partial charge in [0.25, 0.3) is 5.91 Å². The number of amides is 1. The molecule has 0 heterocycles. The van der Waals surface area contributed by atoms with E-state index in [0.29, 0.717) is 8.04 Å². The molecule has 22 heavy (non-hydrogen) atoms. The molecule has 0 aromatic heterocycles. The second-order valence-corrected chi connectivity index (χ2v) is 6.10. The molecule has 0 aliphatic carbocycles. The highest BCUT2D eigenvalue weighted by Crippen LogP contribution is 2.26. The number of benzene rings is 2. The average molecular weight is 492 g/mol. The Morgan fingerprint density at radius 1 is 0.955 bits per heavy atom. The third-order valence-electron chi connectivity index (χ3n) is 2.62. The number of rotatable bonds is 2. The SMILES string of the molecule is O=C(Nc1ccc(Br)cc1I)c1c(F)c(F)c(F)c(F)c1F. The Morgan fingerprint density at radius 2 is 1.45 bits per heavy atom. The van der Waals surface area contributed by atoms with Gasteiger partial charge in [0, 0.05) is 8.04 Å². The van der Waals surface area contributed by atoms with Crippen LogP contribution in [0.1, 0.15) is 10.4 Å². The number of carbonyl (C=O) groups is 1.